The number of fused-ring (bicyclic) bond motifs is 2. The number of rotatable bonds is 10. The lowest BCUT2D eigenvalue weighted by molar-refractivity contribution is 0.102. The smallest absolute Gasteiger partial charge is 0.410 e. The molecule has 0 radical (unpaired) electrons. The molecule has 9 nitrogen and oxygen atoms in total. The topological polar surface area (TPSA) is 109 Å². The van der Waals surface area contributed by atoms with Crippen LogP contribution < -0.4 is 5.32 Å². The number of hydrogen-bond donors (Lipinski definition) is 1. The lowest BCUT2D eigenvalue weighted by Crippen LogP contribution is -2.35. The van der Waals surface area contributed by atoms with Crippen molar-refractivity contribution in [2.75, 3.05) is 31.6 Å². The highest BCUT2D eigenvalue weighted by Crippen LogP contribution is 2.46. The van der Waals surface area contributed by atoms with Gasteiger partial charge in [0, 0.05) is 35.6 Å². The molecule has 1 aliphatic rings. The number of unbranched alkanes of at least 4 members (excludes halogenated alkanes) is 1. The zero-order valence-electron chi connectivity index (χ0n) is 23.9. The van der Waals surface area contributed by atoms with Crippen LogP contribution in [0, 0.1) is 0 Å². The Hall–Kier alpha value is -3.32. The third kappa shape index (κ3) is 6.07. The van der Waals surface area contributed by atoms with Crippen molar-refractivity contribution in [1.82, 2.24) is 14.2 Å². The summed E-state index contributed by atoms with van der Waals surface area (Å²) < 4.78 is 34.0. The van der Waals surface area contributed by atoms with Gasteiger partial charge < -0.3 is 15.0 Å². The molecule has 0 saturated carbocycles. The first-order valence-electron chi connectivity index (χ1n) is 14.1. The van der Waals surface area contributed by atoms with E-state index in [4.69, 9.17) is 9.72 Å². The zero-order chi connectivity index (χ0) is 29.9. The number of para-hydroxylation sites is 1. The minimum Gasteiger partial charge on any atom is -0.450 e. The molecule has 42 heavy (non-hydrogen) atoms. The van der Waals surface area contributed by atoms with E-state index in [1.807, 2.05) is 38.1 Å². The molecule has 0 fully saturated rings. The normalized spacial score (nSPS) is 13.4. The summed E-state index contributed by atoms with van der Waals surface area (Å²) in [6, 6.07) is 14.0. The van der Waals surface area contributed by atoms with Crippen LogP contribution in [-0.4, -0.2) is 60.8 Å². The van der Waals surface area contributed by atoms with Gasteiger partial charge in [0.15, 0.2) is 0 Å². The molecule has 3 heterocycles. The number of sulfonamides is 1. The van der Waals surface area contributed by atoms with E-state index >= 15 is 0 Å². The fourth-order valence-corrected chi connectivity index (χ4v) is 8.81. The van der Waals surface area contributed by atoms with Crippen molar-refractivity contribution in [2.24, 2.45) is 0 Å². The third-order valence-electron chi connectivity index (χ3n) is 7.19. The van der Waals surface area contributed by atoms with Gasteiger partial charge in [0.25, 0.3) is 5.91 Å². The number of ether oxygens (including phenoxy) is 1. The predicted octanol–water partition coefficient (Wildman–Crippen LogP) is 6.60. The highest BCUT2D eigenvalue weighted by Gasteiger charge is 2.30. The summed E-state index contributed by atoms with van der Waals surface area (Å²) in [6.07, 6.45) is 1.95. The second kappa shape index (κ2) is 12.9. The Labute approximate surface area is 254 Å². The molecule has 1 aliphatic heterocycles. The summed E-state index contributed by atoms with van der Waals surface area (Å²) in [5, 5.41) is 4.53. The fourth-order valence-electron chi connectivity index (χ4n) is 4.95. The van der Waals surface area contributed by atoms with E-state index in [-0.39, 0.29) is 16.9 Å². The van der Waals surface area contributed by atoms with E-state index < -0.39 is 10.0 Å². The summed E-state index contributed by atoms with van der Waals surface area (Å²) in [5.41, 5.74) is 3.18. The highest BCUT2D eigenvalue weighted by atomic mass is 32.2. The van der Waals surface area contributed by atoms with Gasteiger partial charge >= 0.3 is 6.09 Å². The third-order valence-corrected chi connectivity index (χ3v) is 11.4. The molecule has 2 amide bonds. The zero-order valence-corrected chi connectivity index (χ0v) is 26.3. The van der Waals surface area contributed by atoms with Crippen molar-refractivity contribution < 1.29 is 22.7 Å². The van der Waals surface area contributed by atoms with Gasteiger partial charge in [-0.15, -0.1) is 22.7 Å². The van der Waals surface area contributed by atoms with Crippen molar-refractivity contribution in [1.29, 1.82) is 0 Å². The molecule has 0 spiro atoms. The molecule has 5 rings (SSSR count). The number of nitrogens with zero attached hydrogens (tertiary/aromatic N) is 3. The van der Waals surface area contributed by atoms with Gasteiger partial charge in [-0.1, -0.05) is 32.4 Å². The van der Waals surface area contributed by atoms with Crippen LogP contribution in [0.1, 0.15) is 54.4 Å². The lowest BCUT2D eigenvalue weighted by Gasteiger charge is -2.26. The van der Waals surface area contributed by atoms with Crippen LogP contribution in [0.15, 0.2) is 53.4 Å². The van der Waals surface area contributed by atoms with Gasteiger partial charge in [-0.05, 0) is 61.7 Å². The Morgan fingerprint density at radius 2 is 1.83 bits per heavy atom. The average molecular weight is 627 g/mol. The quantitative estimate of drug-likeness (QED) is 0.212. The van der Waals surface area contributed by atoms with E-state index in [1.54, 1.807) is 35.3 Å². The number of aromatic nitrogens is 1. The van der Waals surface area contributed by atoms with Crippen LogP contribution >= 0.6 is 22.7 Å². The molecular weight excluding hydrogens is 593 g/mol. The molecule has 0 unspecified atom stereocenters. The first kappa shape index (κ1) is 30.1. The van der Waals surface area contributed by atoms with Crippen molar-refractivity contribution in [3.05, 3.63) is 64.5 Å². The molecule has 12 heteroatoms. The maximum Gasteiger partial charge on any atom is 0.410 e. The van der Waals surface area contributed by atoms with Gasteiger partial charge in [-0.3, -0.25) is 4.79 Å². The lowest BCUT2D eigenvalue weighted by atomic mass is 10.0. The van der Waals surface area contributed by atoms with Gasteiger partial charge in [0.1, 0.15) is 10.0 Å². The molecule has 0 atom stereocenters. The molecule has 0 bridgehead atoms. The molecule has 2 aromatic carbocycles. The van der Waals surface area contributed by atoms with Crippen LogP contribution in [0.4, 0.5) is 9.80 Å². The summed E-state index contributed by atoms with van der Waals surface area (Å²) >= 11 is 3.00. The van der Waals surface area contributed by atoms with Gasteiger partial charge in [-0.2, -0.15) is 4.31 Å². The number of carbonyl (C=O) groups excluding carboxylic acids is 2. The SMILES string of the molecule is CCCCN(CC)S(=O)(=O)c1ccc(C(=O)Nc2sc3c(c2-c2nc4ccccc4s2)CCN(C(=O)OCC)C3)cc1. The minimum absolute atomic E-state index is 0.165. The van der Waals surface area contributed by atoms with Gasteiger partial charge in [-0.25, -0.2) is 18.2 Å². The van der Waals surface area contributed by atoms with E-state index in [0.717, 1.165) is 44.1 Å². The average Bonchev–Trinajstić information content (AvgIpc) is 3.57. The Balaban J connectivity index is 1.45. The summed E-state index contributed by atoms with van der Waals surface area (Å²) in [7, 11) is -3.64. The van der Waals surface area contributed by atoms with Crippen molar-refractivity contribution in [3.63, 3.8) is 0 Å². The molecule has 1 N–H and O–H groups in total. The molecule has 4 aromatic rings. The number of thiophene rings is 1. The van der Waals surface area contributed by atoms with Crippen molar-refractivity contribution in [3.8, 4) is 10.6 Å². The summed E-state index contributed by atoms with van der Waals surface area (Å²) in [5.74, 6) is -0.347. The van der Waals surface area contributed by atoms with E-state index in [0.29, 0.717) is 49.8 Å². The Kier molecular flexibility index (Phi) is 9.26. The van der Waals surface area contributed by atoms with Crippen molar-refractivity contribution >= 4 is 59.9 Å². The number of carbonyl (C=O) groups is 2. The van der Waals surface area contributed by atoms with Crippen LogP contribution in [-0.2, 0) is 27.7 Å². The van der Waals surface area contributed by atoms with Crippen LogP contribution in [0.2, 0.25) is 0 Å². The molecule has 0 aliphatic carbocycles. The Morgan fingerprint density at radius 3 is 2.52 bits per heavy atom. The van der Waals surface area contributed by atoms with Gasteiger partial charge in [0.2, 0.25) is 10.0 Å². The minimum atomic E-state index is -3.64. The van der Waals surface area contributed by atoms with E-state index in [1.165, 1.54) is 27.8 Å². The van der Waals surface area contributed by atoms with Crippen LogP contribution in [0.3, 0.4) is 0 Å². The first-order valence-corrected chi connectivity index (χ1v) is 17.2. The molecule has 0 saturated heterocycles. The summed E-state index contributed by atoms with van der Waals surface area (Å²) in [4.78, 5) is 33.6. The van der Waals surface area contributed by atoms with E-state index in [2.05, 4.69) is 5.32 Å². The van der Waals surface area contributed by atoms with Crippen molar-refractivity contribution in [2.45, 2.75) is 51.5 Å². The molecule has 2 aromatic heterocycles. The predicted molar refractivity (Wildman–Crippen MR) is 168 cm³/mol. The maximum atomic E-state index is 13.5. The maximum absolute atomic E-state index is 13.5. The molecule has 222 valence electrons. The standard InChI is InChI=1S/C30H34N4O5S3/c1-4-7-17-34(5-2)42(37,38)21-14-12-20(13-15-21)27(35)32-29-26(28-31-23-10-8-9-11-24(23)40-28)22-16-18-33(19-25(22)41-29)30(36)39-6-3/h8-15H,4-7,16-19H2,1-3H3,(H,32,35). The monoisotopic (exact) mass is 626 g/mol. The number of nitrogens with one attached hydrogen (secondary N) is 1. The van der Waals surface area contributed by atoms with Crippen LogP contribution in [0.5, 0.6) is 0 Å². The molecular formula is C30H34N4O5S3. The Bertz CT molecular complexity index is 1660. The van der Waals surface area contributed by atoms with Gasteiger partial charge in [0.05, 0.1) is 28.3 Å². The number of amides is 2. The first-order chi connectivity index (χ1) is 20.3. The number of hydrogen-bond acceptors (Lipinski definition) is 8. The highest BCUT2D eigenvalue weighted by molar-refractivity contribution is 7.89. The largest absolute Gasteiger partial charge is 0.450 e. The number of anilines is 1. The fraction of sp³-hybridized carbons (Fsp3) is 0.367. The number of thiazole rings is 1. The second-order valence-electron chi connectivity index (χ2n) is 9.89. The second-order valence-corrected chi connectivity index (χ2v) is 14.0. The Morgan fingerprint density at radius 1 is 1.07 bits per heavy atom. The van der Waals surface area contributed by atoms with E-state index in [9.17, 15) is 18.0 Å². The summed E-state index contributed by atoms with van der Waals surface area (Å²) in [6.45, 7) is 7.69. The number of benzene rings is 2. The van der Waals surface area contributed by atoms with Crippen LogP contribution in [0.25, 0.3) is 20.8 Å².